The second kappa shape index (κ2) is 8.35. The van der Waals surface area contributed by atoms with E-state index < -0.39 is 0 Å². The highest BCUT2D eigenvalue weighted by atomic mass is 32.1. The number of aryl methyl sites for hydroxylation is 1. The van der Waals surface area contributed by atoms with Gasteiger partial charge in [0, 0.05) is 30.9 Å². The van der Waals surface area contributed by atoms with Gasteiger partial charge in [-0.1, -0.05) is 41.2 Å². The normalized spacial score (nSPS) is 17.0. The van der Waals surface area contributed by atoms with Crippen LogP contribution in [0.5, 0.6) is 0 Å². The number of carbonyl (C=O) groups excluding carboxylic acids is 1. The summed E-state index contributed by atoms with van der Waals surface area (Å²) >= 11 is 1.69. The van der Waals surface area contributed by atoms with Gasteiger partial charge in [0.05, 0.1) is 10.2 Å². The van der Waals surface area contributed by atoms with Crippen LogP contribution in [0.15, 0.2) is 48.5 Å². The van der Waals surface area contributed by atoms with Crippen molar-refractivity contribution in [3.63, 3.8) is 0 Å². The second-order valence-corrected chi connectivity index (χ2v) is 8.77. The van der Waals surface area contributed by atoms with Crippen molar-refractivity contribution < 1.29 is 4.79 Å². The average Bonchev–Trinajstić information content (AvgIpc) is 3.34. The fraction of sp³-hybridized carbons (Fsp3) is 0.304. The first-order chi connectivity index (χ1) is 14.0. The molecule has 1 aliphatic rings. The highest BCUT2D eigenvalue weighted by molar-refractivity contribution is 7.22. The van der Waals surface area contributed by atoms with Crippen LogP contribution in [0.1, 0.15) is 17.5 Å². The van der Waals surface area contributed by atoms with Gasteiger partial charge in [0.1, 0.15) is 0 Å². The van der Waals surface area contributed by atoms with Gasteiger partial charge in [0.25, 0.3) is 0 Å². The maximum absolute atomic E-state index is 12.3. The number of amides is 1. The number of likely N-dealkylation sites (N-methyl/N-ethyl adjacent to an activating group) is 1. The van der Waals surface area contributed by atoms with Crippen molar-refractivity contribution in [3.8, 4) is 0 Å². The molecule has 1 amide bonds. The van der Waals surface area contributed by atoms with E-state index in [1.807, 2.05) is 55.5 Å². The molecule has 0 saturated carbocycles. The van der Waals surface area contributed by atoms with E-state index in [2.05, 4.69) is 29.2 Å². The first-order valence-electron chi connectivity index (χ1n) is 9.85. The Morgan fingerprint density at radius 3 is 2.76 bits per heavy atom. The van der Waals surface area contributed by atoms with E-state index in [1.165, 1.54) is 5.56 Å². The van der Waals surface area contributed by atoms with Crippen molar-refractivity contribution in [2.24, 2.45) is 0 Å². The summed E-state index contributed by atoms with van der Waals surface area (Å²) in [4.78, 5) is 21.7. The smallest absolute Gasteiger partial charge is 0.248 e. The molecule has 150 valence electrons. The third-order valence-electron chi connectivity index (χ3n) is 5.31. The standard InChI is InChI=1S/C23H26N4OS/c1-16-4-6-17(7-5-16)8-11-22(28)24-18-9-10-20-21(14-18)29-23(25-20)27-13-12-19(15-27)26(2)3/h4-11,14,19H,12-13,15H2,1-3H3,(H,24,28). The van der Waals surface area contributed by atoms with Crippen molar-refractivity contribution in [1.82, 2.24) is 9.88 Å². The minimum Gasteiger partial charge on any atom is -0.346 e. The minimum atomic E-state index is -0.136. The Kier molecular flexibility index (Phi) is 5.65. The van der Waals surface area contributed by atoms with Crippen molar-refractivity contribution in [3.05, 3.63) is 59.7 Å². The molecule has 6 heteroatoms. The number of benzene rings is 2. The van der Waals surface area contributed by atoms with Gasteiger partial charge in [-0.05, 0) is 57.3 Å². The van der Waals surface area contributed by atoms with E-state index in [4.69, 9.17) is 4.98 Å². The van der Waals surface area contributed by atoms with Crippen LogP contribution in [-0.4, -0.2) is 49.0 Å². The first-order valence-corrected chi connectivity index (χ1v) is 10.7. The predicted molar refractivity (Wildman–Crippen MR) is 123 cm³/mol. The molecular formula is C23H26N4OS. The Hall–Kier alpha value is -2.70. The quantitative estimate of drug-likeness (QED) is 0.638. The molecular weight excluding hydrogens is 380 g/mol. The molecule has 1 fully saturated rings. The van der Waals surface area contributed by atoms with Crippen molar-refractivity contribution >= 4 is 44.4 Å². The number of thiazole rings is 1. The van der Waals surface area contributed by atoms with Crippen molar-refractivity contribution in [2.45, 2.75) is 19.4 Å². The summed E-state index contributed by atoms with van der Waals surface area (Å²) in [5.74, 6) is -0.136. The molecule has 29 heavy (non-hydrogen) atoms. The lowest BCUT2D eigenvalue weighted by atomic mass is 10.1. The molecule has 0 spiro atoms. The highest BCUT2D eigenvalue weighted by Crippen LogP contribution is 2.33. The lowest BCUT2D eigenvalue weighted by Crippen LogP contribution is -2.31. The van der Waals surface area contributed by atoms with Gasteiger partial charge in [-0.25, -0.2) is 4.98 Å². The number of rotatable bonds is 5. The van der Waals surface area contributed by atoms with Crippen LogP contribution in [0.4, 0.5) is 10.8 Å². The van der Waals surface area contributed by atoms with Gasteiger partial charge >= 0.3 is 0 Å². The molecule has 5 nitrogen and oxygen atoms in total. The number of fused-ring (bicyclic) bond motifs is 1. The van der Waals surface area contributed by atoms with Crippen LogP contribution in [0.3, 0.4) is 0 Å². The van der Waals surface area contributed by atoms with Gasteiger partial charge in [-0.2, -0.15) is 0 Å². The molecule has 1 atom stereocenters. The van der Waals surface area contributed by atoms with E-state index in [9.17, 15) is 4.79 Å². The Bertz CT molecular complexity index is 1040. The molecule has 1 N–H and O–H groups in total. The molecule has 3 aromatic rings. The van der Waals surface area contributed by atoms with Crippen molar-refractivity contribution in [2.75, 3.05) is 37.4 Å². The molecule has 2 heterocycles. The lowest BCUT2D eigenvalue weighted by molar-refractivity contribution is -0.111. The number of carbonyl (C=O) groups is 1. The van der Waals surface area contributed by atoms with Gasteiger partial charge in [-0.15, -0.1) is 0 Å². The topological polar surface area (TPSA) is 48.5 Å². The van der Waals surface area contributed by atoms with Gasteiger partial charge in [0.15, 0.2) is 5.13 Å². The number of nitrogens with one attached hydrogen (secondary N) is 1. The summed E-state index contributed by atoms with van der Waals surface area (Å²) in [5, 5.41) is 4.01. The fourth-order valence-electron chi connectivity index (χ4n) is 3.50. The number of nitrogens with zero attached hydrogens (tertiary/aromatic N) is 3. The summed E-state index contributed by atoms with van der Waals surface area (Å²) in [5.41, 5.74) is 3.98. The van der Waals surface area contributed by atoms with Crippen LogP contribution >= 0.6 is 11.3 Å². The largest absolute Gasteiger partial charge is 0.346 e. The Morgan fingerprint density at radius 1 is 1.24 bits per heavy atom. The van der Waals surface area contributed by atoms with Crippen LogP contribution in [0.25, 0.3) is 16.3 Å². The van der Waals surface area contributed by atoms with Crippen LogP contribution in [0.2, 0.25) is 0 Å². The van der Waals surface area contributed by atoms with E-state index in [1.54, 1.807) is 17.4 Å². The Morgan fingerprint density at radius 2 is 2.03 bits per heavy atom. The molecule has 1 aliphatic heterocycles. The summed E-state index contributed by atoms with van der Waals surface area (Å²) in [7, 11) is 4.27. The molecule has 1 aromatic heterocycles. The van der Waals surface area contributed by atoms with Gasteiger partial charge < -0.3 is 15.1 Å². The maximum Gasteiger partial charge on any atom is 0.248 e. The zero-order valence-electron chi connectivity index (χ0n) is 17.1. The number of hydrogen-bond donors (Lipinski definition) is 1. The SMILES string of the molecule is Cc1ccc(C=CC(=O)Nc2ccc3nc(N4CCC(N(C)C)C4)sc3c2)cc1. The summed E-state index contributed by atoms with van der Waals surface area (Å²) in [6, 6.07) is 14.6. The van der Waals surface area contributed by atoms with Gasteiger partial charge in [0.2, 0.25) is 5.91 Å². The Balaban J connectivity index is 1.43. The van der Waals surface area contributed by atoms with Crippen LogP contribution < -0.4 is 10.2 Å². The molecule has 0 aliphatic carbocycles. The predicted octanol–water partition coefficient (Wildman–Crippen LogP) is 4.40. The number of anilines is 2. The number of hydrogen-bond acceptors (Lipinski definition) is 5. The van der Waals surface area contributed by atoms with Crippen LogP contribution in [-0.2, 0) is 4.79 Å². The third kappa shape index (κ3) is 4.66. The molecule has 4 rings (SSSR count). The van der Waals surface area contributed by atoms with E-state index in [0.717, 1.165) is 46.1 Å². The maximum atomic E-state index is 12.3. The highest BCUT2D eigenvalue weighted by Gasteiger charge is 2.26. The molecule has 1 unspecified atom stereocenters. The monoisotopic (exact) mass is 406 g/mol. The molecule has 2 aromatic carbocycles. The van der Waals surface area contributed by atoms with Crippen molar-refractivity contribution in [1.29, 1.82) is 0 Å². The van der Waals surface area contributed by atoms with Gasteiger partial charge in [-0.3, -0.25) is 4.79 Å². The summed E-state index contributed by atoms with van der Waals surface area (Å²) in [6.45, 7) is 4.10. The van der Waals surface area contributed by atoms with E-state index >= 15 is 0 Å². The summed E-state index contributed by atoms with van der Waals surface area (Å²) in [6.07, 6.45) is 4.56. The zero-order chi connectivity index (χ0) is 20.4. The zero-order valence-corrected chi connectivity index (χ0v) is 17.9. The Labute approximate surface area is 175 Å². The second-order valence-electron chi connectivity index (χ2n) is 7.76. The fourth-order valence-corrected chi connectivity index (χ4v) is 4.54. The first kappa shape index (κ1) is 19.6. The average molecular weight is 407 g/mol. The lowest BCUT2D eigenvalue weighted by Gasteiger charge is -2.19. The van der Waals surface area contributed by atoms with Crippen LogP contribution in [0, 0.1) is 6.92 Å². The summed E-state index contributed by atoms with van der Waals surface area (Å²) < 4.78 is 1.09. The third-order valence-corrected chi connectivity index (χ3v) is 6.39. The molecule has 0 bridgehead atoms. The molecule has 0 radical (unpaired) electrons. The van der Waals surface area contributed by atoms with E-state index in [-0.39, 0.29) is 5.91 Å². The van der Waals surface area contributed by atoms with E-state index in [0.29, 0.717) is 6.04 Å². The minimum absolute atomic E-state index is 0.136. The number of aromatic nitrogens is 1. The molecule has 1 saturated heterocycles.